The molecule has 236 valence electrons. The Morgan fingerprint density at radius 2 is 1.70 bits per heavy atom. The summed E-state index contributed by atoms with van der Waals surface area (Å²) in [5.41, 5.74) is 3.25. The summed E-state index contributed by atoms with van der Waals surface area (Å²) in [4.78, 5) is 30.2. The maximum Gasteiger partial charge on any atom is 0.253 e. The first-order valence-corrected chi connectivity index (χ1v) is 16.3. The van der Waals surface area contributed by atoms with Gasteiger partial charge in [-0.25, -0.2) is 0 Å². The molecule has 1 atom stereocenters. The highest BCUT2D eigenvalue weighted by molar-refractivity contribution is 5.97. The Hall–Kier alpha value is -2.57. The fourth-order valence-electron chi connectivity index (χ4n) is 7.99. The maximum absolute atomic E-state index is 13.4. The van der Waals surface area contributed by atoms with Gasteiger partial charge in [0.2, 0.25) is 5.91 Å². The number of carbonyl (C=O) groups excluding carboxylic acids is 2. The quantitative estimate of drug-likeness (QED) is 0.293. The van der Waals surface area contributed by atoms with Crippen LogP contribution in [0.1, 0.15) is 114 Å². The van der Waals surface area contributed by atoms with Crippen LogP contribution in [0.3, 0.4) is 0 Å². The molecular formula is C36H52ClN3O3. The van der Waals surface area contributed by atoms with Crippen LogP contribution in [-0.2, 0) is 11.2 Å². The van der Waals surface area contributed by atoms with Gasteiger partial charge in [0, 0.05) is 42.3 Å². The molecule has 1 unspecified atom stereocenters. The molecule has 6 nitrogen and oxygen atoms in total. The van der Waals surface area contributed by atoms with E-state index in [-0.39, 0.29) is 49.5 Å². The Bertz CT molecular complexity index is 1200. The number of piperidine rings is 1. The van der Waals surface area contributed by atoms with Crippen molar-refractivity contribution in [2.75, 3.05) is 18.0 Å². The van der Waals surface area contributed by atoms with Crippen molar-refractivity contribution >= 4 is 29.9 Å². The number of para-hydroxylation sites is 1. The summed E-state index contributed by atoms with van der Waals surface area (Å²) in [6.45, 7) is 3.57. The van der Waals surface area contributed by atoms with Gasteiger partial charge in [-0.1, -0.05) is 64.7 Å². The van der Waals surface area contributed by atoms with Crippen LogP contribution in [0.4, 0.5) is 5.69 Å². The van der Waals surface area contributed by atoms with Gasteiger partial charge >= 0.3 is 0 Å². The third-order valence-corrected chi connectivity index (χ3v) is 10.1. The van der Waals surface area contributed by atoms with Crippen LogP contribution in [0.25, 0.3) is 0 Å². The second-order valence-electron chi connectivity index (χ2n) is 13.0. The summed E-state index contributed by atoms with van der Waals surface area (Å²) >= 11 is 0. The number of hydrogen-bond acceptors (Lipinski definition) is 4. The predicted molar refractivity (Wildman–Crippen MR) is 177 cm³/mol. The van der Waals surface area contributed by atoms with Gasteiger partial charge in [-0.05, 0) is 93.2 Å². The average molecular weight is 610 g/mol. The molecule has 4 aliphatic rings. The first-order valence-electron chi connectivity index (χ1n) is 16.3. The Morgan fingerprint density at radius 3 is 2.40 bits per heavy atom. The molecule has 2 amide bonds. The van der Waals surface area contributed by atoms with E-state index in [4.69, 9.17) is 4.74 Å². The number of fused-ring (bicyclic) bond motifs is 3. The summed E-state index contributed by atoms with van der Waals surface area (Å²) in [5, 5.41) is 3.99. The molecule has 1 saturated heterocycles. The Balaban J connectivity index is 0.00000212. The number of benzene rings is 2. The minimum absolute atomic E-state index is 0. The van der Waals surface area contributed by atoms with Crippen molar-refractivity contribution in [3.63, 3.8) is 0 Å². The Morgan fingerprint density at radius 1 is 1.00 bits per heavy atom. The van der Waals surface area contributed by atoms with E-state index in [0.717, 1.165) is 55.9 Å². The van der Waals surface area contributed by atoms with Gasteiger partial charge < -0.3 is 14.5 Å². The first-order chi connectivity index (χ1) is 20.0. The number of amides is 2. The number of nitrogens with one attached hydrogen (secondary N) is 1. The van der Waals surface area contributed by atoms with E-state index < -0.39 is 0 Å². The molecule has 0 radical (unpaired) electrons. The monoisotopic (exact) mass is 609 g/mol. The van der Waals surface area contributed by atoms with Gasteiger partial charge in [0.1, 0.15) is 5.75 Å². The minimum atomic E-state index is 0. The zero-order chi connectivity index (χ0) is 28.2. The number of ether oxygens (including phenoxy) is 1. The third-order valence-electron chi connectivity index (χ3n) is 10.1. The van der Waals surface area contributed by atoms with Crippen LogP contribution < -0.4 is 15.0 Å². The lowest BCUT2D eigenvalue weighted by molar-refractivity contribution is -0.119. The first kappa shape index (κ1) is 33.3. The number of aryl methyl sites for hydroxylation is 1. The molecule has 43 heavy (non-hydrogen) atoms. The molecule has 2 saturated carbocycles. The molecule has 2 aromatic carbocycles. The zero-order valence-electron chi connectivity index (χ0n) is 25.2. The molecule has 0 spiro atoms. The van der Waals surface area contributed by atoms with Crippen molar-refractivity contribution in [3.05, 3.63) is 59.7 Å². The molecule has 2 heterocycles. The van der Waals surface area contributed by atoms with Gasteiger partial charge in [-0.15, -0.1) is 12.4 Å². The van der Waals surface area contributed by atoms with E-state index in [2.05, 4.69) is 24.4 Å². The molecule has 2 aliphatic heterocycles. The molecule has 2 bridgehead atoms. The van der Waals surface area contributed by atoms with E-state index in [1.807, 2.05) is 46.2 Å². The van der Waals surface area contributed by atoms with E-state index in [0.29, 0.717) is 25.1 Å². The summed E-state index contributed by atoms with van der Waals surface area (Å²) < 4.78 is 6.53. The lowest BCUT2D eigenvalue weighted by Gasteiger charge is -2.47. The van der Waals surface area contributed by atoms with Gasteiger partial charge in [0.25, 0.3) is 5.91 Å². The van der Waals surface area contributed by atoms with Crippen LogP contribution in [0.15, 0.2) is 48.5 Å². The Labute approximate surface area is 265 Å². The number of halogens is 1. The van der Waals surface area contributed by atoms with Crippen molar-refractivity contribution in [3.8, 4) is 5.75 Å². The average Bonchev–Trinajstić information content (AvgIpc) is 3.00. The van der Waals surface area contributed by atoms with Crippen LogP contribution in [0, 0.1) is 5.92 Å². The topological polar surface area (TPSA) is 61.9 Å². The van der Waals surface area contributed by atoms with Gasteiger partial charge in [-0.2, -0.15) is 0 Å². The highest BCUT2D eigenvalue weighted by Crippen LogP contribution is 2.43. The highest BCUT2D eigenvalue weighted by atomic mass is 35.5. The number of carbonyl (C=O) groups is 2. The lowest BCUT2D eigenvalue weighted by Crippen LogP contribution is -2.56. The molecular weight excluding hydrogens is 558 g/mol. The normalized spacial score (nSPS) is 24.3. The summed E-state index contributed by atoms with van der Waals surface area (Å²) in [6, 6.07) is 16.2. The number of nitrogens with zero attached hydrogens (tertiary/aromatic N) is 2. The van der Waals surface area contributed by atoms with Crippen molar-refractivity contribution < 1.29 is 14.3 Å². The van der Waals surface area contributed by atoms with E-state index in [1.165, 1.54) is 50.5 Å². The lowest BCUT2D eigenvalue weighted by atomic mass is 9.67. The summed E-state index contributed by atoms with van der Waals surface area (Å²) in [6.07, 6.45) is 15.6. The SMILES string of the molecule is C.CCCCC(NC12CCCC(CCC1)C2)Oc1ccc(C(=O)N2CCC(N3C(=O)CCc4ccccc43)CC2)cc1.Cl. The van der Waals surface area contributed by atoms with Crippen molar-refractivity contribution in [1.82, 2.24) is 10.2 Å². The van der Waals surface area contributed by atoms with Crippen LogP contribution in [-0.4, -0.2) is 47.6 Å². The zero-order valence-corrected chi connectivity index (χ0v) is 26.0. The molecule has 6 rings (SSSR count). The Kier molecular flexibility index (Phi) is 11.6. The number of anilines is 1. The van der Waals surface area contributed by atoms with Gasteiger partial charge in [0.15, 0.2) is 6.23 Å². The number of likely N-dealkylation sites (tertiary alicyclic amines) is 1. The second kappa shape index (κ2) is 14.9. The smallest absolute Gasteiger partial charge is 0.253 e. The minimum Gasteiger partial charge on any atom is -0.475 e. The number of rotatable bonds is 9. The van der Waals surface area contributed by atoms with Gasteiger partial charge in [-0.3, -0.25) is 14.9 Å². The molecule has 0 aromatic heterocycles. The molecule has 2 aliphatic carbocycles. The number of unbranched alkanes of at least 4 members (excludes halogenated alkanes) is 1. The van der Waals surface area contributed by atoms with Crippen LogP contribution >= 0.6 is 12.4 Å². The van der Waals surface area contributed by atoms with Gasteiger partial charge in [0.05, 0.1) is 0 Å². The van der Waals surface area contributed by atoms with E-state index >= 15 is 0 Å². The summed E-state index contributed by atoms with van der Waals surface area (Å²) in [5.74, 6) is 1.98. The fourth-order valence-corrected chi connectivity index (χ4v) is 7.99. The predicted octanol–water partition coefficient (Wildman–Crippen LogP) is 7.93. The standard InChI is InChI=1S/C35H47N3O3.CH4.ClH/c1-2-3-12-32(36-35-21-6-8-26(25-35)9-7-22-35)41-30-16-13-28(14-17-30)34(40)37-23-19-29(20-24-37)38-31-11-5-4-10-27(31)15-18-33(38)39;;/h4-5,10-11,13-14,16-17,26,29,32,36H,2-3,6-9,12,15,18-25H2,1H3;1H4;1H. The number of hydrogen-bond donors (Lipinski definition) is 1. The van der Waals surface area contributed by atoms with Crippen molar-refractivity contribution in [2.24, 2.45) is 5.92 Å². The third kappa shape index (κ3) is 7.57. The van der Waals surface area contributed by atoms with E-state index in [9.17, 15) is 9.59 Å². The largest absolute Gasteiger partial charge is 0.475 e. The molecule has 3 fully saturated rings. The van der Waals surface area contributed by atoms with Crippen LogP contribution in [0.2, 0.25) is 0 Å². The summed E-state index contributed by atoms with van der Waals surface area (Å²) in [7, 11) is 0. The molecule has 2 aromatic rings. The maximum atomic E-state index is 13.4. The second-order valence-corrected chi connectivity index (χ2v) is 13.0. The van der Waals surface area contributed by atoms with Crippen molar-refractivity contribution in [2.45, 2.75) is 122 Å². The van der Waals surface area contributed by atoms with E-state index in [1.54, 1.807) is 0 Å². The molecule has 1 N–H and O–H groups in total. The van der Waals surface area contributed by atoms with Crippen molar-refractivity contribution in [1.29, 1.82) is 0 Å². The molecule has 7 heteroatoms. The highest BCUT2D eigenvalue weighted by Gasteiger charge is 2.40. The van der Waals surface area contributed by atoms with Crippen LogP contribution in [0.5, 0.6) is 5.75 Å². The fraction of sp³-hybridized carbons (Fsp3) is 0.611.